The van der Waals surface area contributed by atoms with Crippen molar-refractivity contribution in [2.45, 2.75) is 89.1 Å². The fourth-order valence-electron chi connectivity index (χ4n) is 3.72. The summed E-state index contributed by atoms with van der Waals surface area (Å²) < 4.78 is 4.64. The minimum Gasteiger partial charge on any atom is -0.469 e. The van der Waals surface area contributed by atoms with Crippen LogP contribution in [0, 0.1) is 11.8 Å². The number of hydrogen-bond donors (Lipinski definition) is 2. The summed E-state index contributed by atoms with van der Waals surface area (Å²) in [6.07, 6.45) is 14.2. The normalized spacial score (nSPS) is 24.0. The number of unbranched alkanes of at least 4 members (excludes halogenated alkanes) is 3. The van der Waals surface area contributed by atoms with Crippen molar-refractivity contribution in [1.29, 1.82) is 0 Å². The summed E-state index contributed by atoms with van der Waals surface area (Å²) >= 11 is 1.65. The Balaban J connectivity index is 2.67. The highest BCUT2D eigenvalue weighted by atomic mass is 32.2. The van der Waals surface area contributed by atoms with Gasteiger partial charge in [-0.2, -0.15) is 11.8 Å². The number of allylic oxidation sites excluding steroid dienone is 3. The quantitative estimate of drug-likeness (QED) is 0.222. The molecule has 5 atom stereocenters. The van der Waals surface area contributed by atoms with Gasteiger partial charge in [-0.3, -0.25) is 9.59 Å². The average molecular weight is 441 g/mol. The molecular formula is C24H40O5S. The number of methoxy groups -OCH3 is 1. The number of rotatable bonds is 15. The molecule has 1 rings (SSSR count). The minimum atomic E-state index is -0.468. The van der Waals surface area contributed by atoms with E-state index in [4.69, 9.17) is 0 Å². The summed E-state index contributed by atoms with van der Waals surface area (Å²) in [6.45, 7) is 3.91. The molecule has 6 heteroatoms. The number of thioether (sulfide) groups is 1. The zero-order valence-electron chi connectivity index (χ0n) is 18.8. The molecule has 30 heavy (non-hydrogen) atoms. The van der Waals surface area contributed by atoms with Crippen LogP contribution in [0.5, 0.6) is 0 Å². The van der Waals surface area contributed by atoms with Crippen LogP contribution in [0.1, 0.15) is 71.6 Å². The maximum absolute atomic E-state index is 12.7. The summed E-state index contributed by atoms with van der Waals surface area (Å²) in [5.74, 6) is 0.647. The fraction of sp³-hybridized carbons (Fsp3) is 0.750. The van der Waals surface area contributed by atoms with Crippen molar-refractivity contribution < 1.29 is 24.5 Å². The number of ether oxygens (including phenoxy) is 1. The first-order valence-corrected chi connectivity index (χ1v) is 12.3. The molecule has 0 aromatic rings. The van der Waals surface area contributed by atoms with E-state index in [0.717, 1.165) is 38.5 Å². The van der Waals surface area contributed by atoms with Gasteiger partial charge in [0.25, 0.3) is 0 Å². The molecular weight excluding hydrogens is 400 g/mol. The lowest BCUT2D eigenvalue weighted by Crippen LogP contribution is -2.19. The van der Waals surface area contributed by atoms with E-state index in [1.807, 2.05) is 24.3 Å². The maximum atomic E-state index is 12.7. The standard InChI is InChI=1S/C24H40O5S/c1-4-5-8-11-19(26)14-15-21-20(12-9-6-7-10-13-24(28)29-3)22(27)16-23(21)30-17-18(2)25/h6,9,14-15,18-21,23,25-26H,4-5,7-8,10-13,16-17H2,1-3H3/b9-6-,15-14+/t18?,19-,20+,21+,23?/m0/s1. The van der Waals surface area contributed by atoms with E-state index in [1.54, 1.807) is 18.7 Å². The molecule has 0 radical (unpaired) electrons. The highest BCUT2D eigenvalue weighted by Crippen LogP contribution is 2.40. The Morgan fingerprint density at radius 1 is 1.27 bits per heavy atom. The van der Waals surface area contributed by atoms with Gasteiger partial charge < -0.3 is 14.9 Å². The number of aliphatic hydroxyl groups excluding tert-OH is 2. The van der Waals surface area contributed by atoms with E-state index < -0.39 is 12.2 Å². The molecule has 0 heterocycles. The van der Waals surface area contributed by atoms with Crippen LogP contribution in [-0.2, 0) is 14.3 Å². The van der Waals surface area contributed by atoms with Crippen LogP contribution in [0.3, 0.4) is 0 Å². The van der Waals surface area contributed by atoms with Gasteiger partial charge in [-0.25, -0.2) is 0 Å². The summed E-state index contributed by atoms with van der Waals surface area (Å²) in [5, 5.41) is 20.0. The number of hydrogen-bond acceptors (Lipinski definition) is 6. The molecule has 0 bridgehead atoms. The van der Waals surface area contributed by atoms with Crippen molar-refractivity contribution in [2.24, 2.45) is 11.8 Å². The third kappa shape index (κ3) is 10.8. The van der Waals surface area contributed by atoms with Crippen LogP contribution in [0.4, 0.5) is 0 Å². The van der Waals surface area contributed by atoms with Crippen LogP contribution >= 0.6 is 11.8 Å². The van der Waals surface area contributed by atoms with E-state index in [0.29, 0.717) is 25.0 Å². The van der Waals surface area contributed by atoms with Crippen molar-refractivity contribution in [1.82, 2.24) is 0 Å². The lowest BCUT2D eigenvalue weighted by atomic mass is 9.91. The number of carbonyl (C=O) groups is 2. The van der Waals surface area contributed by atoms with E-state index in [2.05, 4.69) is 11.7 Å². The number of aliphatic hydroxyl groups is 2. The van der Waals surface area contributed by atoms with Crippen LogP contribution in [0.2, 0.25) is 0 Å². The zero-order chi connectivity index (χ0) is 22.4. The summed E-state index contributed by atoms with van der Waals surface area (Å²) in [4.78, 5) is 23.8. The van der Waals surface area contributed by atoms with Crippen molar-refractivity contribution in [2.75, 3.05) is 12.9 Å². The van der Waals surface area contributed by atoms with Gasteiger partial charge in [-0.05, 0) is 38.5 Å². The first-order valence-electron chi connectivity index (χ1n) is 11.3. The van der Waals surface area contributed by atoms with E-state index >= 15 is 0 Å². The van der Waals surface area contributed by atoms with Gasteiger partial charge in [0.05, 0.1) is 19.3 Å². The smallest absolute Gasteiger partial charge is 0.305 e. The van der Waals surface area contributed by atoms with Crippen LogP contribution < -0.4 is 0 Å². The fourth-order valence-corrected chi connectivity index (χ4v) is 5.03. The molecule has 2 N–H and O–H groups in total. The van der Waals surface area contributed by atoms with Gasteiger partial charge in [0, 0.05) is 29.8 Å². The van der Waals surface area contributed by atoms with Crippen LogP contribution in [0.25, 0.3) is 0 Å². The molecule has 1 aliphatic carbocycles. The molecule has 2 unspecified atom stereocenters. The van der Waals surface area contributed by atoms with E-state index in [9.17, 15) is 19.8 Å². The van der Waals surface area contributed by atoms with Crippen molar-refractivity contribution in [3.05, 3.63) is 24.3 Å². The predicted octanol–water partition coefficient (Wildman–Crippen LogP) is 4.46. The predicted molar refractivity (Wildman–Crippen MR) is 123 cm³/mol. The monoisotopic (exact) mass is 440 g/mol. The molecule has 5 nitrogen and oxygen atoms in total. The van der Waals surface area contributed by atoms with Crippen LogP contribution in [-0.4, -0.2) is 52.3 Å². The second-order valence-corrected chi connectivity index (χ2v) is 9.47. The maximum Gasteiger partial charge on any atom is 0.305 e. The van der Waals surface area contributed by atoms with Gasteiger partial charge in [0.15, 0.2) is 0 Å². The number of carbonyl (C=O) groups excluding carboxylic acids is 2. The Kier molecular flexibility index (Phi) is 14.1. The van der Waals surface area contributed by atoms with Gasteiger partial charge >= 0.3 is 5.97 Å². The molecule has 0 amide bonds. The zero-order valence-corrected chi connectivity index (χ0v) is 19.6. The highest BCUT2D eigenvalue weighted by Gasteiger charge is 2.40. The molecule has 0 aromatic carbocycles. The van der Waals surface area contributed by atoms with Crippen LogP contribution in [0.15, 0.2) is 24.3 Å². The first-order chi connectivity index (χ1) is 14.4. The second-order valence-electron chi connectivity index (χ2n) is 8.20. The van der Waals surface area contributed by atoms with E-state index in [1.165, 1.54) is 7.11 Å². The highest BCUT2D eigenvalue weighted by molar-refractivity contribution is 8.00. The number of Topliss-reactive ketones (excluding diaryl/α,β-unsaturated/α-hetero) is 1. The molecule has 1 aliphatic rings. The van der Waals surface area contributed by atoms with Crippen molar-refractivity contribution >= 4 is 23.5 Å². The number of esters is 1. The molecule has 0 aliphatic heterocycles. The number of ketones is 1. The summed E-state index contributed by atoms with van der Waals surface area (Å²) in [7, 11) is 1.39. The van der Waals surface area contributed by atoms with E-state index in [-0.39, 0.29) is 28.8 Å². The largest absolute Gasteiger partial charge is 0.469 e. The van der Waals surface area contributed by atoms with Gasteiger partial charge in [-0.1, -0.05) is 50.5 Å². The Morgan fingerprint density at radius 2 is 2.03 bits per heavy atom. The Morgan fingerprint density at radius 3 is 2.70 bits per heavy atom. The van der Waals surface area contributed by atoms with Crippen molar-refractivity contribution in [3.8, 4) is 0 Å². The Bertz CT molecular complexity index is 558. The van der Waals surface area contributed by atoms with Gasteiger partial charge in [0.2, 0.25) is 0 Å². The topological polar surface area (TPSA) is 83.8 Å². The van der Waals surface area contributed by atoms with Crippen molar-refractivity contribution in [3.63, 3.8) is 0 Å². The Labute approximate surface area is 186 Å². The molecule has 1 saturated carbocycles. The molecule has 0 spiro atoms. The lowest BCUT2D eigenvalue weighted by molar-refractivity contribution is -0.140. The molecule has 172 valence electrons. The first kappa shape index (κ1) is 26.9. The lowest BCUT2D eigenvalue weighted by Gasteiger charge is -2.21. The molecule has 0 aromatic heterocycles. The minimum absolute atomic E-state index is 0.0711. The van der Waals surface area contributed by atoms with Gasteiger partial charge in [-0.15, -0.1) is 0 Å². The second kappa shape index (κ2) is 15.7. The average Bonchev–Trinajstić information content (AvgIpc) is 3.01. The summed E-state index contributed by atoms with van der Waals surface area (Å²) in [5.41, 5.74) is 0. The third-order valence-electron chi connectivity index (χ3n) is 5.46. The van der Waals surface area contributed by atoms with Gasteiger partial charge in [0.1, 0.15) is 5.78 Å². The molecule has 1 fully saturated rings. The molecule has 0 saturated heterocycles. The Hall–Kier alpha value is -1.11. The summed E-state index contributed by atoms with van der Waals surface area (Å²) in [6, 6.07) is 0. The SMILES string of the molecule is CCCCC[C@H](O)/C=C/[C@H]1C(SCC(C)O)CC(=O)[C@@H]1C/C=C\CCCC(=O)OC. The third-order valence-corrected chi connectivity index (χ3v) is 7.04.